The lowest BCUT2D eigenvalue weighted by molar-refractivity contribution is 0.558. The molecule has 90 valence electrons. The van der Waals surface area contributed by atoms with Crippen LogP contribution < -0.4 is 5.32 Å². The Morgan fingerprint density at radius 2 is 1.80 bits per heavy atom. The molecule has 3 atom stereocenters. The van der Waals surface area contributed by atoms with Crippen LogP contribution >= 0.6 is 23.5 Å². The summed E-state index contributed by atoms with van der Waals surface area (Å²) in [5, 5.41) is 5.05. The minimum absolute atomic E-state index is 0.648. The molecule has 0 saturated carbocycles. The highest BCUT2D eigenvalue weighted by molar-refractivity contribution is 8.18. The molecule has 1 nitrogen and oxygen atoms in total. The first-order chi connectivity index (χ1) is 7.26. The summed E-state index contributed by atoms with van der Waals surface area (Å²) in [6.07, 6.45) is 8.14. The third kappa shape index (κ3) is 5.50. The first-order valence-corrected chi connectivity index (χ1v) is 8.21. The van der Waals surface area contributed by atoms with Gasteiger partial charge < -0.3 is 0 Å². The largest absolute Gasteiger partial charge is 0.294 e. The summed E-state index contributed by atoms with van der Waals surface area (Å²) in [6.45, 7) is 6.87. The summed E-state index contributed by atoms with van der Waals surface area (Å²) in [7, 11) is 0. The van der Waals surface area contributed by atoms with Crippen molar-refractivity contribution in [2.24, 2.45) is 0 Å². The van der Waals surface area contributed by atoms with E-state index in [9.17, 15) is 0 Å². The molecule has 1 fully saturated rings. The molecule has 3 unspecified atom stereocenters. The third-order valence-electron chi connectivity index (χ3n) is 2.69. The van der Waals surface area contributed by atoms with Crippen LogP contribution in [0, 0.1) is 0 Å². The molecule has 1 heterocycles. The predicted molar refractivity (Wildman–Crippen MR) is 74.4 cm³/mol. The van der Waals surface area contributed by atoms with Gasteiger partial charge in [0.15, 0.2) is 0 Å². The predicted octanol–water partition coefficient (Wildman–Crippen LogP) is 4.43. The van der Waals surface area contributed by atoms with E-state index >= 15 is 0 Å². The number of thioether (sulfide) groups is 2. The SMILES string of the molecule is CCCCCC1NC(C)SC(CCC)S1. The van der Waals surface area contributed by atoms with Crippen LogP contribution in [0.2, 0.25) is 0 Å². The molecule has 1 aliphatic rings. The molecule has 0 aromatic heterocycles. The van der Waals surface area contributed by atoms with Crippen molar-refractivity contribution < 1.29 is 0 Å². The monoisotopic (exact) mass is 247 g/mol. The minimum atomic E-state index is 0.648. The number of hydrogen-bond donors (Lipinski definition) is 1. The van der Waals surface area contributed by atoms with Crippen molar-refractivity contribution in [1.82, 2.24) is 5.32 Å². The van der Waals surface area contributed by atoms with Crippen LogP contribution in [0.4, 0.5) is 0 Å². The first kappa shape index (κ1) is 13.7. The van der Waals surface area contributed by atoms with E-state index in [1.807, 2.05) is 0 Å². The number of hydrogen-bond acceptors (Lipinski definition) is 3. The second-order valence-corrected chi connectivity index (χ2v) is 7.54. The highest BCUT2D eigenvalue weighted by Gasteiger charge is 2.25. The number of unbranched alkanes of at least 4 members (excludes halogenated alkanes) is 2. The molecule has 3 heteroatoms. The van der Waals surface area contributed by atoms with Crippen molar-refractivity contribution in [2.45, 2.75) is 74.6 Å². The second-order valence-electron chi connectivity index (χ2n) is 4.28. The van der Waals surface area contributed by atoms with Crippen molar-refractivity contribution in [2.75, 3.05) is 0 Å². The summed E-state index contributed by atoms with van der Waals surface area (Å²) in [5.41, 5.74) is 0. The maximum absolute atomic E-state index is 3.69. The molecule has 0 bridgehead atoms. The van der Waals surface area contributed by atoms with Crippen LogP contribution in [0.3, 0.4) is 0 Å². The van der Waals surface area contributed by atoms with Crippen LogP contribution in [-0.2, 0) is 0 Å². The highest BCUT2D eigenvalue weighted by atomic mass is 32.2. The summed E-state index contributed by atoms with van der Waals surface area (Å²) in [6, 6.07) is 0. The zero-order valence-electron chi connectivity index (χ0n) is 10.3. The Hall–Kier alpha value is 0.660. The zero-order chi connectivity index (χ0) is 11.1. The standard InChI is InChI=1S/C12H25NS2/c1-4-6-7-9-11-13-10(3)14-12(15-11)8-5-2/h10-13H,4-9H2,1-3H3. The Labute approximate surface area is 104 Å². The van der Waals surface area contributed by atoms with Crippen molar-refractivity contribution in [1.29, 1.82) is 0 Å². The smallest absolute Gasteiger partial charge is 0.0551 e. The van der Waals surface area contributed by atoms with Crippen LogP contribution in [-0.4, -0.2) is 15.3 Å². The minimum Gasteiger partial charge on any atom is -0.294 e. The average molecular weight is 247 g/mol. The number of nitrogens with one attached hydrogen (secondary N) is 1. The molecule has 15 heavy (non-hydrogen) atoms. The quantitative estimate of drug-likeness (QED) is 0.697. The fraction of sp³-hybridized carbons (Fsp3) is 1.00. The molecule has 1 rings (SSSR count). The first-order valence-electron chi connectivity index (χ1n) is 6.33. The van der Waals surface area contributed by atoms with E-state index in [4.69, 9.17) is 0 Å². The van der Waals surface area contributed by atoms with Gasteiger partial charge in [0.1, 0.15) is 0 Å². The van der Waals surface area contributed by atoms with E-state index in [1.54, 1.807) is 0 Å². The van der Waals surface area contributed by atoms with Crippen molar-refractivity contribution >= 4 is 23.5 Å². The Morgan fingerprint density at radius 1 is 1.00 bits per heavy atom. The molecule has 0 aliphatic carbocycles. The highest BCUT2D eigenvalue weighted by Crippen LogP contribution is 2.38. The number of rotatable bonds is 6. The van der Waals surface area contributed by atoms with Gasteiger partial charge in [-0.15, -0.1) is 23.5 Å². The van der Waals surface area contributed by atoms with Gasteiger partial charge in [-0.25, -0.2) is 0 Å². The fourth-order valence-corrected chi connectivity index (χ4v) is 5.52. The van der Waals surface area contributed by atoms with Gasteiger partial charge in [0.25, 0.3) is 0 Å². The van der Waals surface area contributed by atoms with Gasteiger partial charge in [0.05, 0.1) is 15.3 Å². The van der Waals surface area contributed by atoms with Gasteiger partial charge in [-0.05, 0) is 19.8 Å². The van der Waals surface area contributed by atoms with E-state index in [2.05, 4.69) is 49.6 Å². The lowest BCUT2D eigenvalue weighted by atomic mass is 10.2. The molecule has 0 aromatic carbocycles. The normalized spacial score (nSPS) is 31.8. The van der Waals surface area contributed by atoms with Crippen LogP contribution in [0.25, 0.3) is 0 Å². The molecule has 0 amide bonds. The summed E-state index contributed by atoms with van der Waals surface area (Å²) in [4.78, 5) is 0. The molecular formula is C12H25NS2. The summed E-state index contributed by atoms with van der Waals surface area (Å²) >= 11 is 4.27. The Balaban J connectivity index is 2.24. The lowest BCUT2D eigenvalue weighted by Crippen LogP contribution is -2.38. The van der Waals surface area contributed by atoms with Crippen molar-refractivity contribution in [3.63, 3.8) is 0 Å². The third-order valence-corrected chi connectivity index (χ3v) is 5.68. The summed E-state index contributed by atoms with van der Waals surface area (Å²) < 4.78 is 0.831. The molecule has 0 aromatic rings. The van der Waals surface area contributed by atoms with Gasteiger partial charge in [0, 0.05) is 0 Å². The van der Waals surface area contributed by atoms with Gasteiger partial charge >= 0.3 is 0 Å². The average Bonchev–Trinajstić information content (AvgIpc) is 2.18. The van der Waals surface area contributed by atoms with Crippen LogP contribution in [0.15, 0.2) is 0 Å². The van der Waals surface area contributed by atoms with Gasteiger partial charge in [0.2, 0.25) is 0 Å². The molecule has 1 saturated heterocycles. The topological polar surface area (TPSA) is 12.0 Å². The molecule has 0 radical (unpaired) electrons. The maximum Gasteiger partial charge on any atom is 0.0551 e. The van der Waals surface area contributed by atoms with Crippen LogP contribution in [0.1, 0.15) is 59.3 Å². The van der Waals surface area contributed by atoms with Crippen molar-refractivity contribution in [3.8, 4) is 0 Å². The molecule has 1 N–H and O–H groups in total. The van der Waals surface area contributed by atoms with E-state index in [1.165, 1.54) is 38.5 Å². The zero-order valence-corrected chi connectivity index (χ0v) is 11.9. The Morgan fingerprint density at radius 3 is 2.47 bits per heavy atom. The molecule has 1 aliphatic heterocycles. The van der Waals surface area contributed by atoms with Gasteiger partial charge in [-0.2, -0.15) is 0 Å². The van der Waals surface area contributed by atoms with E-state index in [-0.39, 0.29) is 0 Å². The maximum atomic E-state index is 3.69. The van der Waals surface area contributed by atoms with E-state index in [0.717, 1.165) is 4.58 Å². The van der Waals surface area contributed by atoms with Gasteiger partial charge in [-0.3, -0.25) is 5.32 Å². The summed E-state index contributed by atoms with van der Waals surface area (Å²) in [5.74, 6) is 0. The van der Waals surface area contributed by atoms with Gasteiger partial charge in [-0.1, -0.05) is 39.5 Å². The molecule has 0 spiro atoms. The van der Waals surface area contributed by atoms with E-state index in [0.29, 0.717) is 10.7 Å². The Kier molecular flexibility index (Phi) is 7.19. The fourth-order valence-electron chi connectivity index (χ4n) is 1.89. The van der Waals surface area contributed by atoms with E-state index < -0.39 is 0 Å². The molecular weight excluding hydrogens is 222 g/mol. The lowest BCUT2D eigenvalue weighted by Gasteiger charge is -2.34. The van der Waals surface area contributed by atoms with Crippen molar-refractivity contribution in [3.05, 3.63) is 0 Å². The Bertz CT molecular complexity index is 164. The van der Waals surface area contributed by atoms with Crippen LogP contribution in [0.5, 0.6) is 0 Å². The second kappa shape index (κ2) is 7.86.